The lowest BCUT2D eigenvalue weighted by Gasteiger charge is -2.24. The van der Waals surface area contributed by atoms with Gasteiger partial charge in [0, 0.05) is 5.56 Å². The summed E-state index contributed by atoms with van der Waals surface area (Å²) in [6.45, 7) is 4.90. The van der Waals surface area contributed by atoms with Gasteiger partial charge >= 0.3 is 0 Å². The van der Waals surface area contributed by atoms with Crippen LogP contribution >= 0.6 is 0 Å². The second kappa shape index (κ2) is 5.22. The third-order valence-electron chi connectivity index (χ3n) is 3.36. The minimum Gasteiger partial charge on any atom is -0.494 e. The van der Waals surface area contributed by atoms with Gasteiger partial charge in [-0.05, 0) is 57.0 Å². The number of rotatable bonds is 4. The van der Waals surface area contributed by atoms with Crippen molar-refractivity contribution in [1.82, 2.24) is 5.32 Å². The molecule has 2 nitrogen and oxygen atoms in total. The summed E-state index contributed by atoms with van der Waals surface area (Å²) in [5, 5.41) is 2.87. The zero-order valence-corrected chi connectivity index (χ0v) is 10.8. The Bertz CT molecular complexity index is 414. The number of hydrogen-bond donors (Lipinski definition) is 1. The van der Waals surface area contributed by atoms with Gasteiger partial charge in [0.25, 0.3) is 5.92 Å². The lowest BCUT2D eigenvalue weighted by molar-refractivity contribution is -0.0377. The number of benzene rings is 1. The van der Waals surface area contributed by atoms with E-state index in [1.54, 1.807) is 13.0 Å². The van der Waals surface area contributed by atoms with Crippen LogP contribution in [0.4, 0.5) is 8.78 Å². The van der Waals surface area contributed by atoms with E-state index in [9.17, 15) is 8.78 Å². The molecule has 0 aliphatic carbocycles. The molecule has 100 valence electrons. The SMILES string of the molecule is CCOc1ccc(C(F)(F)C2CCCN2)cc1C. The average molecular weight is 255 g/mol. The van der Waals surface area contributed by atoms with E-state index < -0.39 is 12.0 Å². The normalized spacial score (nSPS) is 20.1. The van der Waals surface area contributed by atoms with Crippen molar-refractivity contribution in [3.63, 3.8) is 0 Å². The van der Waals surface area contributed by atoms with Crippen molar-refractivity contribution < 1.29 is 13.5 Å². The topological polar surface area (TPSA) is 21.3 Å². The van der Waals surface area contributed by atoms with Crippen molar-refractivity contribution in [2.45, 2.75) is 38.7 Å². The van der Waals surface area contributed by atoms with Crippen LogP contribution in [0.3, 0.4) is 0 Å². The maximum Gasteiger partial charge on any atom is 0.288 e. The summed E-state index contributed by atoms with van der Waals surface area (Å²) in [4.78, 5) is 0. The fourth-order valence-corrected chi connectivity index (χ4v) is 2.37. The average Bonchev–Trinajstić information content (AvgIpc) is 2.86. The van der Waals surface area contributed by atoms with E-state index >= 15 is 0 Å². The molecular weight excluding hydrogens is 236 g/mol. The standard InChI is InChI=1S/C14H19F2NO/c1-3-18-12-7-6-11(9-10(12)2)14(15,16)13-5-4-8-17-13/h6-7,9,13,17H,3-5,8H2,1-2H3. The zero-order chi connectivity index (χ0) is 13.2. The molecule has 1 aliphatic heterocycles. The number of halogens is 2. The Morgan fingerprint density at radius 1 is 1.44 bits per heavy atom. The molecule has 2 rings (SSSR count). The van der Waals surface area contributed by atoms with Crippen LogP contribution in [0.2, 0.25) is 0 Å². The van der Waals surface area contributed by atoms with Crippen LogP contribution in [0.5, 0.6) is 5.75 Å². The van der Waals surface area contributed by atoms with Gasteiger partial charge in [0.05, 0.1) is 12.6 Å². The molecule has 1 N–H and O–H groups in total. The highest BCUT2D eigenvalue weighted by Crippen LogP contribution is 2.37. The number of alkyl halides is 2. The number of hydrogen-bond acceptors (Lipinski definition) is 2. The number of nitrogens with one attached hydrogen (secondary N) is 1. The van der Waals surface area contributed by atoms with Gasteiger partial charge in [-0.2, -0.15) is 8.78 Å². The second-order valence-electron chi connectivity index (χ2n) is 4.69. The van der Waals surface area contributed by atoms with Crippen molar-refractivity contribution in [2.24, 2.45) is 0 Å². The van der Waals surface area contributed by atoms with Gasteiger partial charge in [0.1, 0.15) is 5.75 Å². The van der Waals surface area contributed by atoms with Crippen molar-refractivity contribution in [3.05, 3.63) is 29.3 Å². The Morgan fingerprint density at radius 2 is 2.22 bits per heavy atom. The fraction of sp³-hybridized carbons (Fsp3) is 0.571. The van der Waals surface area contributed by atoms with Gasteiger partial charge in [0.2, 0.25) is 0 Å². The predicted octanol–water partition coefficient (Wildman–Crippen LogP) is 3.24. The molecule has 1 heterocycles. The van der Waals surface area contributed by atoms with E-state index in [1.807, 2.05) is 6.92 Å². The maximum absolute atomic E-state index is 14.3. The molecule has 0 aromatic heterocycles. The molecule has 1 unspecified atom stereocenters. The lowest BCUT2D eigenvalue weighted by Crippen LogP contribution is -2.38. The van der Waals surface area contributed by atoms with Crippen LogP contribution < -0.4 is 10.1 Å². The zero-order valence-electron chi connectivity index (χ0n) is 10.8. The molecular formula is C14H19F2NO. The molecule has 18 heavy (non-hydrogen) atoms. The summed E-state index contributed by atoms with van der Waals surface area (Å²) in [6.07, 6.45) is 1.34. The van der Waals surface area contributed by atoms with Gasteiger partial charge in [-0.25, -0.2) is 0 Å². The highest BCUT2D eigenvalue weighted by atomic mass is 19.3. The van der Waals surface area contributed by atoms with E-state index in [1.165, 1.54) is 12.1 Å². The Morgan fingerprint density at radius 3 is 2.78 bits per heavy atom. The highest BCUT2D eigenvalue weighted by Gasteiger charge is 2.42. The van der Waals surface area contributed by atoms with E-state index in [2.05, 4.69) is 5.32 Å². The fourth-order valence-electron chi connectivity index (χ4n) is 2.37. The smallest absolute Gasteiger partial charge is 0.288 e. The first kappa shape index (κ1) is 13.3. The van der Waals surface area contributed by atoms with Gasteiger partial charge in [-0.3, -0.25) is 0 Å². The van der Waals surface area contributed by atoms with Crippen LogP contribution in [0, 0.1) is 6.92 Å². The molecule has 0 bridgehead atoms. The van der Waals surface area contributed by atoms with E-state index in [-0.39, 0.29) is 5.56 Å². The Kier molecular flexibility index (Phi) is 3.85. The summed E-state index contributed by atoms with van der Waals surface area (Å²) in [5.74, 6) is -2.14. The third-order valence-corrected chi connectivity index (χ3v) is 3.36. The Balaban J connectivity index is 2.24. The van der Waals surface area contributed by atoms with Crippen LogP contribution in [0.15, 0.2) is 18.2 Å². The molecule has 0 saturated carbocycles. The van der Waals surface area contributed by atoms with Crippen molar-refractivity contribution >= 4 is 0 Å². The molecule has 0 spiro atoms. The number of ether oxygens (including phenoxy) is 1. The molecule has 1 aliphatic rings. The summed E-state index contributed by atoms with van der Waals surface area (Å²) < 4.78 is 33.9. The largest absolute Gasteiger partial charge is 0.494 e. The predicted molar refractivity (Wildman–Crippen MR) is 67.3 cm³/mol. The summed E-state index contributed by atoms with van der Waals surface area (Å²) in [6, 6.07) is 3.90. The first-order valence-corrected chi connectivity index (χ1v) is 6.41. The Hall–Kier alpha value is -1.16. The van der Waals surface area contributed by atoms with E-state index in [4.69, 9.17) is 4.74 Å². The molecule has 1 aromatic rings. The summed E-state index contributed by atoms with van der Waals surface area (Å²) in [5.41, 5.74) is 0.829. The van der Waals surface area contributed by atoms with Gasteiger partial charge in [-0.15, -0.1) is 0 Å². The number of aryl methyl sites for hydroxylation is 1. The highest BCUT2D eigenvalue weighted by molar-refractivity contribution is 5.38. The minimum absolute atomic E-state index is 0.0721. The van der Waals surface area contributed by atoms with Gasteiger partial charge in [-0.1, -0.05) is 0 Å². The van der Waals surface area contributed by atoms with Crippen LogP contribution in [-0.4, -0.2) is 19.2 Å². The monoisotopic (exact) mass is 255 g/mol. The lowest BCUT2D eigenvalue weighted by atomic mass is 9.98. The molecule has 1 fully saturated rings. The Labute approximate surface area is 106 Å². The van der Waals surface area contributed by atoms with Crippen molar-refractivity contribution in [1.29, 1.82) is 0 Å². The molecule has 0 amide bonds. The van der Waals surface area contributed by atoms with Crippen LogP contribution in [-0.2, 0) is 5.92 Å². The second-order valence-corrected chi connectivity index (χ2v) is 4.69. The van der Waals surface area contributed by atoms with Crippen LogP contribution in [0.1, 0.15) is 30.9 Å². The van der Waals surface area contributed by atoms with Crippen molar-refractivity contribution in [3.8, 4) is 5.75 Å². The summed E-state index contributed by atoms with van der Waals surface area (Å²) in [7, 11) is 0. The van der Waals surface area contributed by atoms with Crippen molar-refractivity contribution in [2.75, 3.05) is 13.2 Å². The third kappa shape index (κ3) is 2.48. The van der Waals surface area contributed by atoms with Crippen LogP contribution in [0.25, 0.3) is 0 Å². The van der Waals surface area contributed by atoms with E-state index in [0.29, 0.717) is 25.3 Å². The molecule has 4 heteroatoms. The molecule has 1 saturated heterocycles. The van der Waals surface area contributed by atoms with Gasteiger partial charge in [0.15, 0.2) is 0 Å². The quantitative estimate of drug-likeness (QED) is 0.891. The minimum atomic E-state index is -2.81. The molecule has 1 aromatic carbocycles. The maximum atomic E-state index is 14.3. The van der Waals surface area contributed by atoms with Gasteiger partial charge < -0.3 is 10.1 Å². The molecule has 0 radical (unpaired) electrons. The first-order chi connectivity index (χ1) is 8.55. The molecule has 1 atom stereocenters. The summed E-state index contributed by atoms with van der Waals surface area (Å²) >= 11 is 0. The van der Waals surface area contributed by atoms with E-state index in [0.717, 1.165) is 12.0 Å². The first-order valence-electron chi connectivity index (χ1n) is 6.41.